The van der Waals surface area contributed by atoms with E-state index in [1.807, 2.05) is 37.4 Å². The molecule has 0 aliphatic carbocycles. The molecule has 8 heteroatoms. The van der Waals surface area contributed by atoms with E-state index in [-0.39, 0.29) is 5.91 Å². The van der Waals surface area contributed by atoms with E-state index in [1.54, 1.807) is 36.2 Å². The third-order valence-electron chi connectivity index (χ3n) is 4.97. The fraction of sp³-hybridized carbons (Fsp3) is 0.190. The average molecular weight is 427 g/mol. The number of thiazole rings is 1. The number of hydrogen-bond acceptors (Lipinski definition) is 4. The van der Waals surface area contributed by atoms with Gasteiger partial charge in [0.2, 0.25) is 5.91 Å². The number of nitrogens with zero attached hydrogens (tertiary/aromatic N) is 2. The predicted molar refractivity (Wildman–Crippen MR) is 118 cm³/mol. The Morgan fingerprint density at radius 2 is 1.97 bits per heavy atom. The first-order valence-corrected chi connectivity index (χ1v) is 10.2. The topological polar surface area (TPSA) is 74.3 Å². The van der Waals surface area contributed by atoms with Gasteiger partial charge in [-0.3, -0.25) is 10.1 Å². The second kappa shape index (κ2) is 7.17. The fourth-order valence-electron chi connectivity index (χ4n) is 3.42. The number of hydrogen-bond donors (Lipinski definition) is 2. The average Bonchev–Trinajstić information content (AvgIpc) is 3.20. The third-order valence-corrected chi connectivity index (χ3v) is 5.97. The maximum atomic E-state index is 12.5. The van der Waals surface area contributed by atoms with Gasteiger partial charge < -0.3 is 10.2 Å². The summed E-state index contributed by atoms with van der Waals surface area (Å²) in [6, 6.07) is 12.4. The summed E-state index contributed by atoms with van der Waals surface area (Å²) >= 11 is 7.27. The monoisotopic (exact) mass is 426 g/mol. The third kappa shape index (κ3) is 3.59. The largest absolute Gasteiger partial charge is 0.325 e. The SMILES string of the molecule is CN1C(=O)C(C)(C)c2cc(-c3csc(NC(=O)Nc4cccc(Cl)c4)n3)ccc21. The number of carbonyl (C=O) groups is 2. The fourth-order valence-corrected chi connectivity index (χ4v) is 4.33. The van der Waals surface area contributed by atoms with Crippen LogP contribution in [0.2, 0.25) is 5.02 Å². The molecule has 0 saturated heterocycles. The molecule has 4 rings (SSSR count). The molecular weight excluding hydrogens is 408 g/mol. The molecule has 0 saturated carbocycles. The van der Waals surface area contributed by atoms with Crippen molar-refractivity contribution >= 4 is 51.4 Å². The van der Waals surface area contributed by atoms with Gasteiger partial charge in [-0.05, 0) is 49.7 Å². The van der Waals surface area contributed by atoms with Crippen LogP contribution in [0.3, 0.4) is 0 Å². The molecule has 0 unspecified atom stereocenters. The lowest BCUT2D eigenvalue weighted by molar-refractivity contribution is -0.121. The number of likely N-dealkylation sites (N-methyl/N-ethyl adjacent to an activating group) is 1. The lowest BCUT2D eigenvalue weighted by Gasteiger charge is -2.16. The molecule has 0 spiro atoms. The second-order valence-electron chi connectivity index (χ2n) is 7.35. The zero-order valence-electron chi connectivity index (χ0n) is 16.1. The van der Waals surface area contributed by atoms with Crippen LogP contribution >= 0.6 is 22.9 Å². The smallest absolute Gasteiger partial charge is 0.314 e. The molecular formula is C21H19ClN4O2S. The summed E-state index contributed by atoms with van der Waals surface area (Å²) in [7, 11) is 1.79. The highest BCUT2D eigenvalue weighted by Gasteiger charge is 2.42. The molecule has 0 atom stereocenters. The van der Waals surface area contributed by atoms with Gasteiger partial charge in [0.15, 0.2) is 5.13 Å². The molecule has 6 nitrogen and oxygen atoms in total. The van der Waals surface area contributed by atoms with Gasteiger partial charge in [-0.1, -0.05) is 23.7 Å². The highest BCUT2D eigenvalue weighted by atomic mass is 35.5. The summed E-state index contributed by atoms with van der Waals surface area (Å²) in [5, 5.41) is 8.36. The van der Waals surface area contributed by atoms with Crippen LogP contribution in [0.15, 0.2) is 47.8 Å². The minimum Gasteiger partial charge on any atom is -0.314 e. The minimum atomic E-state index is -0.575. The summed E-state index contributed by atoms with van der Waals surface area (Å²) in [4.78, 5) is 30.9. The van der Waals surface area contributed by atoms with E-state index < -0.39 is 11.4 Å². The molecule has 1 aromatic heterocycles. The Labute approximate surface area is 177 Å². The van der Waals surface area contributed by atoms with Crippen molar-refractivity contribution in [3.05, 3.63) is 58.4 Å². The number of nitrogens with one attached hydrogen (secondary N) is 2. The van der Waals surface area contributed by atoms with Crippen molar-refractivity contribution in [1.29, 1.82) is 0 Å². The molecule has 0 bridgehead atoms. The molecule has 2 N–H and O–H groups in total. The first-order chi connectivity index (χ1) is 13.8. The van der Waals surface area contributed by atoms with Gasteiger partial charge in [-0.15, -0.1) is 11.3 Å². The van der Waals surface area contributed by atoms with E-state index in [0.29, 0.717) is 15.8 Å². The predicted octanol–water partition coefficient (Wildman–Crippen LogP) is 5.36. The highest BCUT2D eigenvalue weighted by molar-refractivity contribution is 7.14. The molecule has 3 aromatic rings. The Hall–Kier alpha value is -2.90. The van der Waals surface area contributed by atoms with Crippen molar-refractivity contribution in [2.75, 3.05) is 22.6 Å². The van der Waals surface area contributed by atoms with Crippen LogP contribution < -0.4 is 15.5 Å². The van der Waals surface area contributed by atoms with Crippen LogP contribution in [-0.2, 0) is 10.2 Å². The van der Waals surface area contributed by atoms with Crippen molar-refractivity contribution < 1.29 is 9.59 Å². The molecule has 1 aliphatic rings. The Morgan fingerprint density at radius 3 is 2.72 bits per heavy atom. The number of rotatable bonds is 3. The van der Waals surface area contributed by atoms with E-state index in [9.17, 15) is 9.59 Å². The Morgan fingerprint density at radius 1 is 1.17 bits per heavy atom. The Balaban J connectivity index is 1.52. The molecule has 2 aromatic carbocycles. The highest BCUT2D eigenvalue weighted by Crippen LogP contribution is 2.42. The van der Waals surface area contributed by atoms with Crippen molar-refractivity contribution in [1.82, 2.24) is 4.98 Å². The van der Waals surface area contributed by atoms with Gasteiger partial charge in [0.05, 0.1) is 11.1 Å². The van der Waals surface area contributed by atoms with Crippen LogP contribution in [0, 0.1) is 0 Å². The van der Waals surface area contributed by atoms with E-state index in [2.05, 4.69) is 15.6 Å². The summed E-state index contributed by atoms with van der Waals surface area (Å²) in [5.74, 6) is 0.0722. The number of fused-ring (bicyclic) bond motifs is 1. The van der Waals surface area contributed by atoms with E-state index in [4.69, 9.17) is 11.6 Å². The number of halogens is 1. The lowest BCUT2D eigenvalue weighted by atomic mass is 9.85. The molecule has 0 radical (unpaired) electrons. The molecule has 1 aliphatic heterocycles. The van der Waals surface area contributed by atoms with Crippen molar-refractivity contribution in [2.24, 2.45) is 0 Å². The van der Waals surface area contributed by atoms with Gasteiger partial charge >= 0.3 is 6.03 Å². The normalized spacial score (nSPS) is 14.6. The number of anilines is 3. The van der Waals surface area contributed by atoms with Gasteiger partial charge in [0.1, 0.15) is 0 Å². The van der Waals surface area contributed by atoms with Crippen LogP contribution in [0.4, 0.5) is 21.3 Å². The Kier molecular flexibility index (Phi) is 4.80. The van der Waals surface area contributed by atoms with Crippen LogP contribution in [-0.4, -0.2) is 24.0 Å². The number of urea groups is 1. The van der Waals surface area contributed by atoms with Gasteiger partial charge in [-0.25, -0.2) is 9.78 Å². The standard InChI is InChI=1S/C21H19ClN4O2S/c1-21(2)15-9-12(7-8-17(15)26(3)18(21)27)16-11-29-20(24-16)25-19(28)23-14-6-4-5-13(22)10-14/h4-11H,1-3H3,(H2,23,24,25,28). The first kappa shape index (κ1) is 19.4. The minimum absolute atomic E-state index is 0.0722. The maximum absolute atomic E-state index is 12.5. The van der Waals surface area contributed by atoms with Crippen molar-refractivity contribution in [3.63, 3.8) is 0 Å². The first-order valence-electron chi connectivity index (χ1n) is 8.98. The number of amides is 3. The number of aromatic nitrogens is 1. The zero-order valence-corrected chi connectivity index (χ0v) is 17.7. The second-order valence-corrected chi connectivity index (χ2v) is 8.64. The summed E-state index contributed by atoms with van der Waals surface area (Å²) in [6.07, 6.45) is 0. The van der Waals surface area contributed by atoms with E-state index >= 15 is 0 Å². The summed E-state index contributed by atoms with van der Waals surface area (Å²) < 4.78 is 0. The van der Waals surface area contributed by atoms with Crippen LogP contribution in [0.25, 0.3) is 11.3 Å². The molecule has 148 valence electrons. The Bertz CT molecular complexity index is 1130. The molecule has 0 fully saturated rings. The summed E-state index contributed by atoms with van der Waals surface area (Å²) in [5.41, 5.74) is 3.56. The molecule has 3 amide bonds. The molecule has 2 heterocycles. The van der Waals surface area contributed by atoms with E-state index in [1.165, 1.54) is 11.3 Å². The van der Waals surface area contributed by atoms with Crippen molar-refractivity contribution in [2.45, 2.75) is 19.3 Å². The quantitative estimate of drug-likeness (QED) is 0.591. The number of benzene rings is 2. The molecule has 29 heavy (non-hydrogen) atoms. The van der Waals surface area contributed by atoms with Crippen LogP contribution in [0.1, 0.15) is 19.4 Å². The lowest BCUT2D eigenvalue weighted by Crippen LogP contribution is -2.33. The van der Waals surface area contributed by atoms with Crippen LogP contribution in [0.5, 0.6) is 0 Å². The van der Waals surface area contributed by atoms with Gasteiger partial charge in [0.25, 0.3) is 0 Å². The number of carbonyl (C=O) groups excluding carboxylic acids is 2. The maximum Gasteiger partial charge on any atom is 0.325 e. The van der Waals surface area contributed by atoms with Crippen molar-refractivity contribution in [3.8, 4) is 11.3 Å². The van der Waals surface area contributed by atoms with E-state index in [0.717, 1.165) is 22.5 Å². The van der Waals surface area contributed by atoms with Gasteiger partial charge in [0, 0.05) is 34.4 Å². The zero-order chi connectivity index (χ0) is 20.8. The van der Waals surface area contributed by atoms with Gasteiger partial charge in [-0.2, -0.15) is 0 Å². The summed E-state index contributed by atoms with van der Waals surface area (Å²) in [6.45, 7) is 3.85.